The fourth-order valence-corrected chi connectivity index (χ4v) is 4.77. The minimum absolute atomic E-state index is 0.0644. The van der Waals surface area contributed by atoms with Crippen molar-refractivity contribution in [2.24, 2.45) is 0 Å². The molecule has 7 atom stereocenters. The second kappa shape index (κ2) is 8.50. The van der Waals surface area contributed by atoms with Crippen molar-refractivity contribution in [1.82, 2.24) is 9.55 Å². The summed E-state index contributed by atoms with van der Waals surface area (Å²) in [6, 6.07) is 0. The quantitative estimate of drug-likeness (QED) is 0.237. The van der Waals surface area contributed by atoms with Crippen molar-refractivity contribution in [3.8, 4) is 0 Å². The van der Waals surface area contributed by atoms with Crippen molar-refractivity contribution in [1.29, 1.82) is 0 Å². The average molecular weight is 548 g/mol. The number of H-pyrrole nitrogens is 1. The van der Waals surface area contributed by atoms with Crippen LogP contribution in [0.1, 0.15) is 46.8 Å². The Kier molecular flexibility index (Phi) is 7.23. The average Bonchev–Trinajstić information content (AvgIpc) is 2.93. The van der Waals surface area contributed by atoms with Gasteiger partial charge >= 0.3 is 13.3 Å². The van der Waals surface area contributed by atoms with Crippen LogP contribution in [0.25, 0.3) is 0 Å². The summed E-state index contributed by atoms with van der Waals surface area (Å²) in [7, 11) is -4.58. The van der Waals surface area contributed by atoms with Gasteiger partial charge in [-0.25, -0.2) is 4.79 Å². The van der Waals surface area contributed by atoms with Crippen LogP contribution in [0.15, 0.2) is 15.8 Å². The zero-order chi connectivity index (χ0) is 22.4. The molecule has 13 heteroatoms. The Balaban J connectivity index is 2.42. The molecule has 1 aromatic rings. The van der Waals surface area contributed by atoms with E-state index in [1.165, 1.54) is 20.0 Å². The third-order valence-corrected chi connectivity index (χ3v) is 8.32. The second-order valence-electron chi connectivity index (χ2n) is 7.42. The Bertz CT molecular complexity index is 916. The fourth-order valence-electron chi connectivity index (χ4n) is 2.94. The molecule has 29 heavy (non-hydrogen) atoms. The van der Waals surface area contributed by atoms with Crippen molar-refractivity contribution < 1.29 is 34.0 Å². The molecule has 11 nitrogen and oxygen atoms in total. The van der Waals surface area contributed by atoms with E-state index in [0.717, 1.165) is 11.5 Å². The number of ether oxygens (including phenoxy) is 1. The number of aromatic amines is 1. The highest BCUT2D eigenvalue weighted by molar-refractivity contribution is 14.1. The number of nitrogens with zero attached hydrogens (tertiary/aromatic N) is 1. The van der Waals surface area contributed by atoms with Gasteiger partial charge in [0.05, 0.1) is 3.57 Å². The Morgan fingerprint density at radius 1 is 1.28 bits per heavy atom. The van der Waals surface area contributed by atoms with Crippen LogP contribution in [0, 0.1) is 3.57 Å². The Hall–Kier alpha value is -0.600. The SMILES string of the molecule is CCC(C)(OP(=O)(O)C(C)(O)CC)[C@H]1O[C@@H](n2cc(I)c(=O)[nH]c2=O)[C@H](O)[C@@H]1O. The minimum atomic E-state index is -4.58. The Morgan fingerprint density at radius 3 is 2.38 bits per heavy atom. The molecule has 0 bridgehead atoms. The molecule has 2 rings (SSSR count). The predicted octanol–water partition coefficient (Wildman–Crippen LogP) is 0.250. The molecular formula is C16H26IN2O9P. The maximum absolute atomic E-state index is 12.7. The van der Waals surface area contributed by atoms with E-state index >= 15 is 0 Å². The van der Waals surface area contributed by atoms with Gasteiger partial charge in [-0.2, -0.15) is 0 Å². The molecule has 0 amide bonds. The van der Waals surface area contributed by atoms with E-state index in [9.17, 15) is 34.4 Å². The first-order chi connectivity index (χ1) is 13.2. The van der Waals surface area contributed by atoms with Crippen LogP contribution in [0.2, 0.25) is 0 Å². The van der Waals surface area contributed by atoms with Crippen molar-refractivity contribution >= 4 is 30.2 Å². The fraction of sp³-hybridized carbons (Fsp3) is 0.750. The lowest BCUT2D eigenvalue weighted by Gasteiger charge is -2.39. The van der Waals surface area contributed by atoms with Gasteiger partial charge in [-0.15, -0.1) is 0 Å². The van der Waals surface area contributed by atoms with Crippen LogP contribution >= 0.6 is 30.2 Å². The summed E-state index contributed by atoms with van der Waals surface area (Å²) < 4.78 is 24.8. The van der Waals surface area contributed by atoms with Gasteiger partial charge in [0.15, 0.2) is 11.6 Å². The minimum Gasteiger partial charge on any atom is -0.387 e. The van der Waals surface area contributed by atoms with Crippen molar-refractivity contribution in [3.05, 3.63) is 30.6 Å². The molecule has 0 radical (unpaired) electrons. The highest BCUT2D eigenvalue weighted by Gasteiger charge is 2.56. The van der Waals surface area contributed by atoms with Crippen LogP contribution in [-0.2, 0) is 13.8 Å². The number of hydrogen-bond acceptors (Lipinski definition) is 8. The standard InChI is InChI=1S/C16H26IN2O9P/c1-5-15(3,28-29(25,26)16(4,24)6-2)11-9(20)10(21)13(27-11)19-7-8(17)12(22)18-14(19)23/h7,9-11,13,20-21,24H,5-6H2,1-4H3,(H,25,26)(H,18,22,23)/t9-,10+,11-,13+,15?,16?/m0/s1. The molecule has 0 saturated carbocycles. The van der Waals surface area contributed by atoms with Crippen molar-refractivity contribution in [2.45, 2.75) is 76.0 Å². The molecule has 5 N–H and O–H groups in total. The Labute approximate surface area is 180 Å². The molecule has 0 aromatic carbocycles. The number of rotatable bonds is 7. The van der Waals surface area contributed by atoms with Gasteiger partial charge in [0.2, 0.25) is 0 Å². The van der Waals surface area contributed by atoms with Crippen LogP contribution in [-0.4, -0.2) is 59.0 Å². The summed E-state index contributed by atoms with van der Waals surface area (Å²) in [5, 5.41) is 29.2. The highest BCUT2D eigenvalue weighted by atomic mass is 127. The lowest BCUT2D eigenvalue weighted by atomic mass is 9.91. The predicted molar refractivity (Wildman–Crippen MR) is 110 cm³/mol. The first kappa shape index (κ1) is 24.7. The van der Waals surface area contributed by atoms with E-state index in [2.05, 4.69) is 4.98 Å². The summed E-state index contributed by atoms with van der Waals surface area (Å²) in [5.74, 6) is 0. The maximum Gasteiger partial charge on any atom is 0.359 e. The summed E-state index contributed by atoms with van der Waals surface area (Å²) in [6.45, 7) is 5.70. The normalized spacial score (nSPS) is 31.1. The van der Waals surface area contributed by atoms with Gasteiger partial charge in [-0.05, 0) is 49.3 Å². The first-order valence-corrected chi connectivity index (χ1v) is 11.6. The molecular weight excluding hydrogens is 522 g/mol. The molecule has 0 aliphatic carbocycles. The number of aromatic nitrogens is 2. The van der Waals surface area contributed by atoms with Crippen molar-refractivity contribution in [3.63, 3.8) is 0 Å². The van der Waals surface area contributed by atoms with Crippen molar-refractivity contribution in [2.75, 3.05) is 0 Å². The van der Waals surface area contributed by atoms with Crippen LogP contribution in [0.3, 0.4) is 0 Å². The van der Waals surface area contributed by atoms with E-state index in [1.54, 1.807) is 29.5 Å². The van der Waals surface area contributed by atoms with E-state index in [0.29, 0.717) is 0 Å². The van der Waals surface area contributed by atoms with Gasteiger partial charge in [-0.1, -0.05) is 13.8 Å². The molecule has 1 aliphatic heterocycles. The smallest absolute Gasteiger partial charge is 0.359 e. The topological polar surface area (TPSA) is 171 Å². The van der Waals surface area contributed by atoms with Gasteiger partial charge < -0.3 is 24.9 Å². The second-order valence-corrected chi connectivity index (χ2v) is 10.8. The van der Waals surface area contributed by atoms with Gasteiger partial charge in [-0.3, -0.25) is 23.4 Å². The third kappa shape index (κ3) is 4.54. The summed E-state index contributed by atoms with van der Waals surface area (Å²) in [4.78, 5) is 36.1. The summed E-state index contributed by atoms with van der Waals surface area (Å²) >= 11 is 1.70. The van der Waals surface area contributed by atoms with Crippen LogP contribution in [0.4, 0.5) is 0 Å². The number of halogens is 1. The molecule has 0 spiro atoms. The number of aliphatic hydroxyl groups excluding tert-OH is 2. The zero-order valence-corrected chi connectivity index (χ0v) is 19.5. The molecule has 2 heterocycles. The van der Waals surface area contributed by atoms with E-state index in [-0.39, 0.29) is 16.4 Å². The molecule has 1 aromatic heterocycles. The largest absolute Gasteiger partial charge is 0.387 e. The van der Waals surface area contributed by atoms with Gasteiger partial charge in [0, 0.05) is 6.20 Å². The summed E-state index contributed by atoms with van der Waals surface area (Å²) in [5.41, 5.74) is -3.05. The molecule has 166 valence electrons. The number of hydrogen-bond donors (Lipinski definition) is 5. The van der Waals surface area contributed by atoms with Gasteiger partial charge in [0.1, 0.15) is 23.9 Å². The molecule has 1 saturated heterocycles. The van der Waals surface area contributed by atoms with Crippen LogP contribution < -0.4 is 11.2 Å². The molecule has 1 aliphatic rings. The lowest BCUT2D eigenvalue weighted by Crippen LogP contribution is -2.49. The Morgan fingerprint density at radius 2 is 1.86 bits per heavy atom. The monoisotopic (exact) mass is 548 g/mol. The highest BCUT2D eigenvalue weighted by Crippen LogP contribution is 2.59. The van der Waals surface area contributed by atoms with E-state index < -0.39 is 54.3 Å². The van der Waals surface area contributed by atoms with E-state index in [4.69, 9.17) is 9.26 Å². The van der Waals surface area contributed by atoms with Gasteiger partial charge in [0.25, 0.3) is 5.56 Å². The molecule has 3 unspecified atom stereocenters. The van der Waals surface area contributed by atoms with Crippen LogP contribution in [0.5, 0.6) is 0 Å². The lowest BCUT2D eigenvalue weighted by molar-refractivity contribution is -0.128. The zero-order valence-electron chi connectivity index (χ0n) is 16.4. The summed E-state index contributed by atoms with van der Waals surface area (Å²) in [6.07, 6.45) is -4.65. The van der Waals surface area contributed by atoms with E-state index in [1.807, 2.05) is 0 Å². The maximum atomic E-state index is 12.7. The number of nitrogens with one attached hydrogen (secondary N) is 1. The first-order valence-electron chi connectivity index (χ1n) is 8.99. The third-order valence-electron chi connectivity index (χ3n) is 5.35. The number of aliphatic hydroxyl groups is 3. The molecule has 1 fully saturated rings.